The van der Waals surface area contributed by atoms with Crippen LogP contribution in [0.25, 0.3) is 0 Å². The zero-order valence-corrected chi connectivity index (χ0v) is 17.1. The van der Waals surface area contributed by atoms with E-state index in [1.165, 1.54) is 6.07 Å². The summed E-state index contributed by atoms with van der Waals surface area (Å²) in [4.78, 5) is 14.6. The van der Waals surface area contributed by atoms with Gasteiger partial charge >= 0.3 is 0 Å². The van der Waals surface area contributed by atoms with Crippen molar-refractivity contribution in [2.24, 2.45) is 4.40 Å². The standard InChI is InChI=1S/C20H24N4O4S/c1-24(2)14-28-13-16(15-8-4-3-5-9-15)12-21-20(25)19-22-17-10-6-7-11-18(17)29(26,27)23-19/h3-11,16H,12-14H2,1-2H3,(H,21,25)(H,22,23). The Balaban J connectivity index is 1.69. The molecule has 2 aromatic rings. The van der Waals surface area contributed by atoms with Gasteiger partial charge in [0.05, 0.1) is 19.0 Å². The molecule has 1 amide bonds. The number of fused-ring (bicyclic) bond motifs is 1. The fourth-order valence-corrected chi connectivity index (χ4v) is 4.00. The monoisotopic (exact) mass is 416 g/mol. The molecule has 0 saturated heterocycles. The predicted octanol–water partition coefficient (Wildman–Crippen LogP) is 1.63. The number of para-hydroxylation sites is 1. The van der Waals surface area contributed by atoms with Crippen LogP contribution in [0.1, 0.15) is 11.5 Å². The molecule has 2 N–H and O–H groups in total. The van der Waals surface area contributed by atoms with Gasteiger partial charge in [0.15, 0.2) is 0 Å². The fraction of sp³-hybridized carbons (Fsp3) is 0.300. The van der Waals surface area contributed by atoms with Crippen molar-refractivity contribution >= 4 is 27.5 Å². The van der Waals surface area contributed by atoms with E-state index >= 15 is 0 Å². The first-order valence-corrected chi connectivity index (χ1v) is 10.6. The molecule has 2 aromatic carbocycles. The van der Waals surface area contributed by atoms with Crippen LogP contribution in [0.15, 0.2) is 63.9 Å². The summed E-state index contributed by atoms with van der Waals surface area (Å²) in [6.45, 7) is 1.14. The fourth-order valence-electron chi connectivity index (χ4n) is 2.89. The average Bonchev–Trinajstić information content (AvgIpc) is 2.70. The number of sulfonamides is 1. The molecular weight excluding hydrogens is 392 g/mol. The van der Waals surface area contributed by atoms with Crippen LogP contribution in [0.5, 0.6) is 0 Å². The van der Waals surface area contributed by atoms with E-state index in [-0.39, 0.29) is 23.2 Å². The quantitative estimate of drug-likeness (QED) is 0.635. The highest BCUT2D eigenvalue weighted by atomic mass is 32.2. The molecule has 1 aliphatic rings. The molecule has 1 atom stereocenters. The number of benzene rings is 2. The van der Waals surface area contributed by atoms with Crippen LogP contribution in [0.3, 0.4) is 0 Å². The second-order valence-electron chi connectivity index (χ2n) is 6.93. The molecule has 0 saturated carbocycles. The first kappa shape index (κ1) is 21.0. The van der Waals surface area contributed by atoms with Gasteiger partial charge in [-0.25, -0.2) is 0 Å². The van der Waals surface area contributed by atoms with Gasteiger partial charge in [-0.15, -0.1) is 4.40 Å². The lowest BCUT2D eigenvalue weighted by Crippen LogP contribution is -2.40. The van der Waals surface area contributed by atoms with Crippen molar-refractivity contribution in [3.8, 4) is 0 Å². The molecule has 8 nitrogen and oxygen atoms in total. The van der Waals surface area contributed by atoms with Crippen LogP contribution in [0.4, 0.5) is 5.69 Å². The number of amides is 1. The molecule has 9 heteroatoms. The number of hydrogen-bond donors (Lipinski definition) is 2. The molecule has 1 aliphatic heterocycles. The lowest BCUT2D eigenvalue weighted by atomic mass is 10.00. The Labute approximate surface area is 170 Å². The first-order chi connectivity index (χ1) is 13.9. The molecular formula is C20H24N4O4S. The molecule has 1 unspecified atom stereocenters. The van der Waals surface area contributed by atoms with Crippen molar-refractivity contribution in [3.05, 3.63) is 60.2 Å². The average molecular weight is 417 g/mol. The lowest BCUT2D eigenvalue weighted by molar-refractivity contribution is -0.114. The molecule has 0 radical (unpaired) electrons. The molecule has 0 aliphatic carbocycles. The highest BCUT2D eigenvalue weighted by molar-refractivity contribution is 7.90. The molecule has 0 spiro atoms. The minimum Gasteiger partial charge on any atom is -0.365 e. The minimum absolute atomic E-state index is 0.0517. The number of ether oxygens (including phenoxy) is 1. The maximum Gasteiger partial charge on any atom is 0.287 e. The number of carbonyl (C=O) groups excluding carboxylic acids is 1. The first-order valence-electron chi connectivity index (χ1n) is 9.13. The maximum absolute atomic E-state index is 12.6. The highest BCUT2D eigenvalue weighted by Gasteiger charge is 2.28. The van der Waals surface area contributed by atoms with E-state index < -0.39 is 15.9 Å². The Kier molecular flexibility index (Phi) is 6.63. The zero-order valence-electron chi connectivity index (χ0n) is 16.3. The van der Waals surface area contributed by atoms with Gasteiger partial charge in [0, 0.05) is 12.5 Å². The van der Waals surface area contributed by atoms with E-state index in [2.05, 4.69) is 15.0 Å². The minimum atomic E-state index is -3.92. The SMILES string of the molecule is CN(C)COCC(CNC(=O)C1=NS(=O)(=O)c2ccccc2N1)c1ccccc1. The van der Waals surface area contributed by atoms with Gasteiger partial charge in [0.25, 0.3) is 15.9 Å². The summed E-state index contributed by atoms with van der Waals surface area (Å²) in [6, 6.07) is 16.0. The largest absolute Gasteiger partial charge is 0.365 e. The van der Waals surface area contributed by atoms with Crippen molar-refractivity contribution in [2.45, 2.75) is 10.8 Å². The third-order valence-corrected chi connectivity index (χ3v) is 5.63. The number of nitrogens with one attached hydrogen (secondary N) is 2. The number of hydrogen-bond acceptors (Lipinski definition) is 6. The van der Waals surface area contributed by atoms with Crippen LogP contribution >= 0.6 is 0 Å². The van der Waals surface area contributed by atoms with E-state index in [4.69, 9.17) is 4.74 Å². The van der Waals surface area contributed by atoms with Gasteiger partial charge in [0.2, 0.25) is 5.84 Å². The van der Waals surface area contributed by atoms with Crippen molar-refractivity contribution in [3.63, 3.8) is 0 Å². The van der Waals surface area contributed by atoms with Crippen molar-refractivity contribution in [1.82, 2.24) is 10.2 Å². The third kappa shape index (κ3) is 5.41. The van der Waals surface area contributed by atoms with E-state index in [1.807, 2.05) is 49.3 Å². The van der Waals surface area contributed by atoms with Gasteiger partial charge < -0.3 is 15.4 Å². The van der Waals surface area contributed by atoms with E-state index in [1.54, 1.807) is 18.2 Å². The molecule has 29 heavy (non-hydrogen) atoms. The van der Waals surface area contributed by atoms with Crippen LogP contribution in [-0.4, -0.2) is 59.0 Å². The van der Waals surface area contributed by atoms with E-state index in [9.17, 15) is 13.2 Å². The number of amidine groups is 1. The second kappa shape index (κ2) is 9.17. The number of nitrogens with zero attached hydrogens (tertiary/aromatic N) is 2. The van der Waals surface area contributed by atoms with Crippen molar-refractivity contribution in [2.75, 3.05) is 39.3 Å². The second-order valence-corrected chi connectivity index (χ2v) is 8.51. The molecule has 3 rings (SSSR count). The van der Waals surface area contributed by atoms with Gasteiger partial charge in [-0.2, -0.15) is 8.42 Å². The molecule has 0 fully saturated rings. The van der Waals surface area contributed by atoms with Crippen LogP contribution in [0, 0.1) is 0 Å². The molecule has 0 aromatic heterocycles. The summed E-state index contributed by atoms with van der Waals surface area (Å²) in [7, 11) is -0.102. The Morgan fingerprint density at radius 1 is 1.14 bits per heavy atom. The zero-order chi connectivity index (χ0) is 20.9. The Bertz CT molecular complexity index is 991. The van der Waals surface area contributed by atoms with Gasteiger partial charge in [0.1, 0.15) is 4.90 Å². The summed E-state index contributed by atoms with van der Waals surface area (Å²) in [5.74, 6) is -0.922. The summed E-state index contributed by atoms with van der Waals surface area (Å²) in [6.07, 6.45) is 0. The van der Waals surface area contributed by atoms with Gasteiger partial charge in [-0.3, -0.25) is 9.69 Å². The van der Waals surface area contributed by atoms with E-state index in [0.717, 1.165) is 5.56 Å². The Morgan fingerprint density at radius 2 is 1.83 bits per heavy atom. The van der Waals surface area contributed by atoms with E-state index in [0.29, 0.717) is 19.0 Å². The summed E-state index contributed by atoms with van der Waals surface area (Å²) < 4.78 is 34.0. The van der Waals surface area contributed by atoms with Gasteiger partial charge in [-0.1, -0.05) is 42.5 Å². The smallest absolute Gasteiger partial charge is 0.287 e. The van der Waals surface area contributed by atoms with Crippen LogP contribution < -0.4 is 10.6 Å². The number of carbonyl (C=O) groups is 1. The molecule has 154 valence electrons. The highest BCUT2D eigenvalue weighted by Crippen LogP contribution is 2.26. The number of rotatable bonds is 8. The molecule has 0 bridgehead atoms. The Morgan fingerprint density at radius 3 is 2.55 bits per heavy atom. The van der Waals surface area contributed by atoms with Crippen molar-refractivity contribution < 1.29 is 17.9 Å². The lowest BCUT2D eigenvalue weighted by Gasteiger charge is -2.21. The van der Waals surface area contributed by atoms with Crippen LogP contribution in [-0.2, 0) is 19.6 Å². The summed E-state index contributed by atoms with van der Waals surface area (Å²) in [5, 5.41) is 5.56. The number of anilines is 1. The predicted molar refractivity (Wildman–Crippen MR) is 111 cm³/mol. The van der Waals surface area contributed by atoms with Crippen LogP contribution in [0.2, 0.25) is 0 Å². The molecule has 1 heterocycles. The topological polar surface area (TPSA) is 100 Å². The summed E-state index contributed by atoms with van der Waals surface area (Å²) in [5.41, 5.74) is 1.35. The Hall–Kier alpha value is -2.75. The normalized spacial score (nSPS) is 15.8. The van der Waals surface area contributed by atoms with Gasteiger partial charge in [-0.05, 0) is 31.8 Å². The maximum atomic E-state index is 12.6. The van der Waals surface area contributed by atoms with Crippen molar-refractivity contribution in [1.29, 1.82) is 0 Å². The third-order valence-electron chi connectivity index (χ3n) is 4.29. The summed E-state index contributed by atoms with van der Waals surface area (Å²) >= 11 is 0.